The number of likely N-dealkylation sites (N-methyl/N-ethyl adjacent to an activating group) is 1. The van der Waals surface area contributed by atoms with Crippen molar-refractivity contribution in [1.29, 1.82) is 0 Å². The third-order valence-electron chi connectivity index (χ3n) is 3.21. The first-order chi connectivity index (χ1) is 9.83. The second-order valence-electron chi connectivity index (χ2n) is 5.85. The number of anilines is 1. The van der Waals surface area contributed by atoms with Crippen LogP contribution in [0.15, 0.2) is 18.2 Å². The summed E-state index contributed by atoms with van der Waals surface area (Å²) in [6, 6.07) is 6.31. The smallest absolute Gasteiger partial charge is 0.324 e. The zero-order valence-electron chi connectivity index (χ0n) is 14.1. The molecule has 0 aliphatic rings. The van der Waals surface area contributed by atoms with Crippen LogP contribution in [0.25, 0.3) is 0 Å². The van der Waals surface area contributed by atoms with Gasteiger partial charge in [-0.25, -0.2) is 0 Å². The van der Waals surface area contributed by atoms with Crippen molar-refractivity contribution in [3.8, 4) is 0 Å². The lowest BCUT2D eigenvalue weighted by molar-refractivity contribution is -0.145. The highest BCUT2D eigenvalue weighted by molar-refractivity contribution is 5.76. The van der Waals surface area contributed by atoms with E-state index in [1.54, 1.807) is 0 Å². The molecule has 0 aliphatic heterocycles. The summed E-state index contributed by atoms with van der Waals surface area (Å²) in [6.07, 6.45) is 0. The van der Waals surface area contributed by atoms with E-state index in [9.17, 15) is 4.79 Å². The van der Waals surface area contributed by atoms with E-state index in [1.807, 2.05) is 27.8 Å². The minimum absolute atomic E-state index is 0.192. The van der Waals surface area contributed by atoms with Crippen molar-refractivity contribution >= 4 is 11.7 Å². The maximum Gasteiger partial charge on any atom is 0.324 e. The molecule has 1 atom stereocenters. The molecular formula is C17H28N2O2. The highest BCUT2D eigenvalue weighted by Crippen LogP contribution is 2.18. The molecule has 0 aliphatic carbocycles. The van der Waals surface area contributed by atoms with E-state index in [0.29, 0.717) is 13.2 Å². The average Bonchev–Trinajstić information content (AvgIpc) is 2.36. The standard InChI is InChI=1S/C17H28N2O2/c1-7-21-17(20)16(18-12(2)3)11-19(6)15-9-13(4)8-14(5)10-15/h8-10,12,16,18H,7,11H2,1-6H3. The molecule has 1 aromatic carbocycles. The SMILES string of the molecule is CCOC(=O)C(CN(C)c1cc(C)cc(C)c1)NC(C)C. The number of esters is 1. The summed E-state index contributed by atoms with van der Waals surface area (Å²) >= 11 is 0. The maximum absolute atomic E-state index is 12.1. The van der Waals surface area contributed by atoms with Gasteiger partial charge >= 0.3 is 5.97 Å². The molecule has 0 bridgehead atoms. The van der Waals surface area contributed by atoms with Crippen LogP contribution in [0, 0.1) is 13.8 Å². The molecule has 1 aromatic rings. The molecule has 1 unspecified atom stereocenters. The van der Waals surface area contributed by atoms with Gasteiger partial charge in [-0.2, -0.15) is 0 Å². The minimum atomic E-state index is -0.323. The van der Waals surface area contributed by atoms with E-state index < -0.39 is 0 Å². The first kappa shape index (κ1) is 17.5. The predicted octanol–water partition coefficient (Wildman–Crippen LogP) is 2.67. The van der Waals surface area contributed by atoms with Crippen molar-refractivity contribution < 1.29 is 9.53 Å². The Morgan fingerprint density at radius 1 is 1.24 bits per heavy atom. The third-order valence-corrected chi connectivity index (χ3v) is 3.21. The minimum Gasteiger partial charge on any atom is -0.465 e. The van der Waals surface area contributed by atoms with Crippen molar-refractivity contribution in [3.63, 3.8) is 0 Å². The Morgan fingerprint density at radius 2 is 1.81 bits per heavy atom. The lowest BCUT2D eigenvalue weighted by atomic mass is 10.1. The number of rotatable bonds is 7. The van der Waals surface area contributed by atoms with Crippen LogP contribution >= 0.6 is 0 Å². The fraction of sp³-hybridized carbons (Fsp3) is 0.588. The molecule has 0 saturated carbocycles. The van der Waals surface area contributed by atoms with Gasteiger partial charge in [0.2, 0.25) is 0 Å². The van der Waals surface area contributed by atoms with Gasteiger partial charge in [0.15, 0.2) is 0 Å². The van der Waals surface area contributed by atoms with Crippen LogP contribution in [0.2, 0.25) is 0 Å². The van der Waals surface area contributed by atoms with Crippen LogP contribution < -0.4 is 10.2 Å². The molecule has 0 radical (unpaired) electrons. The Bertz CT molecular complexity index is 452. The van der Waals surface area contributed by atoms with Crippen LogP contribution in [-0.4, -0.2) is 38.3 Å². The van der Waals surface area contributed by atoms with Gasteiger partial charge in [-0.3, -0.25) is 4.79 Å². The highest BCUT2D eigenvalue weighted by atomic mass is 16.5. The Labute approximate surface area is 128 Å². The molecule has 4 nitrogen and oxygen atoms in total. The number of nitrogens with one attached hydrogen (secondary N) is 1. The van der Waals surface area contributed by atoms with Crippen LogP contribution in [-0.2, 0) is 9.53 Å². The summed E-state index contributed by atoms with van der Waals surface area (Å²) in [6.45, 7) is 11.0. The Kier molecular flexibility index (Phi) is 6.69. The molecular weight excluding hydrogens is 264 g/mol. The van der Waals surface area contributed by atoms with E-state index in [4.69, 9.17) is 4.74 Å². The zero-order valence-corrected chi connectivity index (χ0v) is 14.1. The van der Waals surface area contributed by atoms with Crippen molar-refractivity contribution in [2.24, 2.45) is 0 Å². The fourth-order valence-electron chi connectivity index (χ4n) is 2.39. The van der Waals surface area contributed by atoms with Crippen LogP contribution in [0.3, 0.4) is 0 Å². The van der Waals surface area contributed by atoms with Crippen molar-refractivity contribution in [2.45, 2.75) is 46.7 Å². The Balaban J connectivity index is 2.83. The van der Waals surface area contributed by atoms with Gasteiger partial charge in [0.05, 0.1) is 6.61 Å². The number of aryl methyl sites for hydroxylation is 2. The first-order valence-corrected chi connectivity index (χ1v) is 7.55. The molecule has 118 valence electrons. The van der Waals surface area contributed by atoms with Crippen LogP contribution in [0.4, 0.5) is 5.69 Å². The first-order valence-electron chi connectivity index (χ1n) is 7.55. The van der Waals surface area contributed by atoms with Gasteiger partial charge < -0.3 is 15.0 Å². The molecule has 21 heavy (non-hydrogen) atoms. The van der Waals surface area contributed by atoms with E-state index in [2.05, 4.69) is 42.3 Å². The van der Waals surface area contributed by atoms with Crippen LogP contribution in [0.1, 0.15) is 31.9 Å². The third kappa shape index (κ3) is 5.76. The van der Waals surface area contributed by atoms with Gasteiger partial charge in [-0.15, -0.1) is 0 Å². The molecule has 1 rings (SSSR count). The summed E-state index contributed by atoms with van der Waals surface area (Å²) in [5.74, 6) is -0.192. The molecule has 0 amide bonds. The second-order valence-corrected chi connectivity index (χ2v) is 5.85. The number of ether oxygens (including phenoxy) is 1. The van der Waals surface area contributed by atoms with Crippen LogP contribution in [0.5, 0.6) is 0 Å². The summed E-state index contributed by atoms with van der Waals surface area (Å²) in [5.41, 5.74) is 3.56. The summed E-state index contributed by atoms with van der Waals surface area (Å²) in [5, 5.41) is 3.28. The molecule has 0 fully saturated rings. The fourth-order valence-corrected chi connectivity index (χ4v) is 2.39. The number of carbonyl (C=O) groups is 1. The van der Waals surface area contributed by atoms with E-state index in [1.165, 1.54) is 11.1 Å². The van der Waals surface area contributed by atoms with Gasteiger partial charge in [0.1, 0.15) is 6.04 Å². The topological polar surface area (TPSA) is 41.6 Å². The molecule has 0 heterocycles. The van der Waals surface area contributed by atoms with Gasteiger partial charge in [0.25, 0.3) is 0 Å². The number of benzene rings is 1. The quantitative estimate of drug-likeness (QED) is 0.785. The summed E-state index contributed by atoms with van der Waals surface area (Å²) < 4.78 is 5.16. The predicted molar refractivity (Wildman–Crippen MR) is 87.9 cm³/mol. The number of carbonyl (C=O) groups excluding carboxylic acids is 1. The summed E-state index contributed by atoms with van der Waals surface area (Å²) in [4.78, 5) is 14.2. The largest absolute Gasteiger partial charge is 0.465 e. The van der Waals surface area contributed by atoms with E-state index >= 15 is 0 Å². The monoisotopic (exact) mass is 292 g/mol. The Morgan fingerprint density at radius 3 is 2.29 bits per heavy atom. The van der Waals surface area contributed by atoms with Crippen molar-refractivity contribution in [1.82, 2.24) is 5.32 Å². The van der Waals surface area contributed by atoms with E-state index in [-0.39, 0.29) is 18.1 Å². The van der Waals surface area contributed by atoms with Crippen molar-refractivity contribution in [2.75, 3.05) is 25.1 Å². The summed E-state index contributed by atoms with van der Waals surface area (Å²) in [7, 11) is 2.00. The molecule has 0 aromatic heterocycles. The molecule has 1 N–H and O–H groups in total. The van der Waals surface area contributed by atoms with Crippen molar-refractivity contribution in [3.05, 3.63) is 29.3 Å². The number of hydrogen-bond acceptors (Lipinski definition) is 4. The van der Waals surface area contributed by atoms with Gasteiger partial charge in [-0.1, -0.05) is 19.9 Å². The lowest BCUT2D eigenvalue weighted by Crippen LogP contribution is -2.48. The lowest BCUT2D eigenvalue weighted by Gasteiger charge is -2.27. The normalized spacial score (nSPS) is 12.3. The highest BCUT2D eigenvalue weighted by Gasteiger charge is 2.22. The molecule has 4 heteroatoms. The number of hydrogen-bond donors (Lipinski definition) is 1. The van der Waals surface area contributed by atoms with Gasteiger partial charge in [-0.05, 0) is 44.0 Å². The molecule has 0 spiro atoms. The Hall–Kier alpha value is -1.55. The average molecular weight is 292 g/mol. The second kappa shape index (κ2) is 8.03. The number of nitrogens with zero attached hydrogens (tertiary/aromatic N) is 1. The maximum atomic E-state index is 12.1. The van der Waals surface area contributed by atoms with Gasteiger partial charge in [0, 0.05) is 25.3 Å². The zero-order chi connectivity index (χ0) is 16.0. The van der Waals surface area contributed by atoms with E-state index in [0.717, 1.165) is 5.69 Å². The molecule has 0 saturated heterocycles.